The molecule has 0 fully saturated rings. The van der Waals surface area contributed by atoms with Crippen molar-refractivity contribution in [2.75, 3.05) is 31.1 Å². The van der Waals surface area contributed by atoms with E-state index in [4.69, 9.17) is 9.47 Å². The lowest BCUT2D eigenvalue weighted by molar-refractivity contribution is -0.140. The van der Waals surface area contributed by atoms with Gasteiger partial charge in [0.05, 0.1) is 10.6 Å². The maximum atomic E-state index is 14.0. The molecule has 0 saturated heterocycles. The van der Waals surface area contributed by atoms with Crippen molar-refractivity contribution in [1.82, 2.24) is 10.2 Å². The van der Waals surface area contributed by atoms with E-state index in [1.807, 2.05) is 38.1 Å². The Kier molecular flexibility index (Phi) is 8.75. The zero-order valence-corrected chi connectivity index (χ0v) is 23.1. The summed E-state index contributed by atoms with van der Waals surface area (Å²) in [4.78, 5) is 28.2. The lowest BCUT2D eigenvalue weighted by Gasteiger charge is -2.33. The van der Waals surface area contributed by atoms with Gasteiger partial charge in [0.2, 0.25) is 11.8 Å². The second-order valence-corrected chi connectivity index (χ2v) is 11.1. The molecular weight excluding hydrogens is 518 g/mol. The summed E-state index contributed by atoms with van der Waals surface area (Å²) in [7, 11) is -2.64. The highest BCUT2D eigenvalue weighted by molar-refractivity contribution is 7.92. The van der Waals surface area contributed by atoms with Crippen molar-refractivity contribution in [2.45, 2.75) is 37.8 Å². The van der Waals surface area contributed by atoms with E-state index in [-0.39, 0.29) is 23.0 Å². The molecule has 3 aromatic carbocycles. The zero-order valence-electron chi connectivity index (χ0n) is 22.3. The van der Waals surface area contributed by atoms with E-state index in [0.29, 0.717) is 31.1 Å². The average Bonchev–Trinajstić information content (AvgIpc) is 2.96. The van der Waals surface area contributed by atoms with Gasteiger partial charge in [-0.05, 0) is 43.2 Å². The lowest BCUT2D eigenvalue weighted by Crippen LogP contribution is -2.51. The van der Waals surface area contributed by atoms with Crippen LogP contribution in [0.25, 0.3) is 0 Å². The number of hydrogen-bond acceptors (Lipinski definition) is 6. The second kappa shape index (κ2) is 12.2. The van der Waals surface area contributed by atoms with E-state index < -0.39 is 28.5 Å². The van der Waals surface area contributed by atoms with Crippen LogP contribution in [-0.2, 0) is 26.2 Å². The lowest BCUT2D eigenvalue weighted by atomic mass is 10.1. The molecule has 2 amide bonds. The van der Waals surface area contributed by atoms with Crippen LogP contribution < -0.4 is 19.1 Å². The van der Waals surface area contributed by atoms with Gasteiger partial charge in [0, 0.05) is 19.7 Å². The highest BCUT2D eigenvalue weighted by Gasteiger charge is 2.34. The largest absolute Gasteiger partial charge is 0.486 e. The molecule has 0 aliphatic carbocycles. The Balaban J connectivity index is 1.75. The number of rotatable bonds is 10. The molecule has 0 aromatic heterocycles. The van der Waals surface area contributed by atoms with Gasteiger partial charge in [-0.15, -0.1) is 0 Å². The van der Waals surface area contributed by atoms with E-state index >= 15 is 0 Å². The normalized spacial score (nSPS) is 13.3. The van der Waals surface area contributed by atoms with Crippen LogP contribution >= 0.6 is 0 Å². The third kappa shape index (κ3) is 6.34. The number of anilines is 1. The van der Waals surface area contributed by atoms with Crippen LogP contribution in [0.2, 0.25) is 0 Å². The van der Waals surface area contributed by atoms with E-state index in [9.17, 15) is 18.0 Å². The standard InChI is InChI=1S/C29H33N3O6S/c1-4-25(29(34)30-3)31(19-22-12-10-21(2)11-13-22)28(33)20-32(39(35,36)24-8-6-5-7-9-24)23-14-15-26-27(18-23)38-17-16-37-26/h5-15,18,25H,4,16-17,19-20H2,1-3H3,(H,30,34)/t25-/m0/s1. The Morgan fingerprint density at radius 1 is 0.949 bits per heavy atom. The van der Waals surface area contributed by atoms with Crippen LogP contribution in [0, 0.1) is 6.92 Å². The molecule has 1 aliphatic rings. The fourth-order valence-corrected chi connectivity index (χ4v) is 5.84. The average molecular weight is 552 g/mol. The summed E-state index contributed by atoms with van der Waals surface area (Å²) < 4.78 is 40.1. The summed E-state index contributed by atoms with van der Waals surface area (Å²) in [6.07, 6.45) is 0.354. The number of fused-ring (bicyclic) bond motifs is 1. The van der Waals surface area contributed by atoms with Crippen molar-refractivity contribution in [1.29, 1.82) is 0 Å². The van der Waals surface area contributed by atoms with Gasteiger partial charge in [-0.25, -0.2) is 8.42 Å². The number of carbonyl (C=O) groups is 2. The number of ether oxygens (including phenoxy) is 2. The Bertz CT molecular complexity index is 1410. The molecule has 1 heterocycles. The van der Waals surface area contributed by atoms with Crippen molar-refractivity contribution in [3.8, 4) is 11.5 Å². The highest BCUT2D eigenvalue weighted by atomic mass is 32.2. The maximum absolute atomic E-state index is 14.0. The molecular formula is C29H33N3O6S. The molecule has 1 N–H and O–H groups in total. The fraction of sp³-hybridized carbons (Fsp3) is 0.310. The van der Waals surface area contributed by atoms with Crippen molar-refractivity contribution in [2.24, 2.45) is 0 Å². The number of aryl methyl sites for hydroxylation is 1. The van der Waals surface area contributed by atoms with Gasteiger partial charge >= 0.3 is 0 Å². The molecule has 206 valence electrons. The number of sulfonamides is 1. The van der Waals surface area contributed by atoms with Crippen LogP contribution in [0.5, 0.6) is 11.5 Å². The minimum absolute atomic E-state index is 0.0381. The van der Waals surface area contributed by atoms with Crippen LogP contribution in [-0.4, -0.2) is 58.0 Å². The first-order chi connectivity index (χ1) is 18.7. The first kappa shape index (κ1) is 28.0. The molecule has 9 nitrogen and oxygen atoms in total. The molecule has 1 atom stereocenters. The maximum Gasteiger partial charge on any atom is 0.264 e. The predicted octanol–water partition coefficient (Wildman–Crippen LogP) is 3.51. The van der Waals surface area contributed by atoms with Crippen molar-refractivity contribution in [3.63, 3.8) is 0 Å². The Labute approximate surface area is 229 Å². The number of likely N-dealkylation sites (N-methyl/N-ethyl adjacent to an activating group) is 1. The van der Waals surface area contributed by atoms with Gasteiger partial charge in [-0.2, -0.15) is 0 Å². The molecule has 39 heavy (non-hydrogen) atoms. The van der Waals surface area contributed by atoms with Gasteiger partial charge in [0.25, 0.3) is 10.0 Å². The van der Waals surface area contributed by atoms with E-state index in [1.54, 1.807) is 36.4 Å². The number of benzene rings is 3. The molecule has 0 bridgehead atoms. The van der Waals surface area contributed by atoms with Gasteiger partial charge in [-0.1, -0.05) is 55.0 Å². The highest BCUT2D eigenvalue weighted by Crippen LogP contribution is 2.36. The zero-order chi connectivity index (χ0) is 28.0. The van der Waals surface area contributed by atoms with Crippen LogP contribution in [0.15, 0.2) is 77.7 Å². The monoisotopic (exact) mass is 551 g/mol. The molecule has 0 saturated carbocycles. The number of nitrogens with zero attached hydrogens (tertiary/aromatic N) is 2. The van der Waals surface area contributed by atoms with E-state index in [2.05, 4.69) is 5.32 Å². The van der Waals surface area contributed by atoms with E-state index in [1.165, 1.54) is 24.1 Å². The molecule has 0 radical (unpaired) electrons. The summed E-state index contributed by atoms with van der Waals surface area (Å²) in [5.41, 5.74) is 2.14. The smallest absolute Gasteiger partial charge is 0.264 e. The van der Waals surface area contributed by atoms with Gasteiger partial charge in [0.1, 0.15) is 25.8 Å². The quantitative estimate of drug-likeness (QED) is 0.414. The first-order valence-electron chi connectivity index (χ1n) is 12.8. The number of hydrogen-bond donors (Lipinski definition) is 1. The molecule has 0 spiro atoms. The molecule has 1 aliphatic heterocycles. The molecule has 3 aromatic rings. The third-order valence-corrected chi connectivity index (χ3v) is 8.32. The molecule has 10 heteroatoms. The van der Waals surface area contributed by atoms with Crippen LogP contribution in [0.3, 0.4) is 0 Å². The van der Waals surface area contributed by atoms with Gasteiger partial charge in [0.15, 0.2) is 11.5 Å². The minimum atomic E-state index is -4.16. The molecule has 0 unspecified atom stereocenters. The summed E-state index contributed by atoms with van der Waals surface area (Å²) in [6, 6.07) is 19.6. The Morgan fingerprint density at radius 3 is 2.26 bits per heavy atom. The first-order valence-corrected chi connectivity index (χ1v) is 14.2. The minimum Gasteiger partial charge on any atom is -0.486 e. The SMILES string of the molecule is CC[C@@H](C(=O)NC)N(Cc1ccc(C)cc1)C(=O)CN(c1ccc2c(c1)OCCO2)S(=O)(=O)c1ccccc1. The predicted molar refractivity (Wildman–Crippen MR) is 148 cm³/mol. The second-order valence-electron chi connectivity index (χ2n) is 9.20. The molecule has 4 rings (SSSR count). The number of nitrogens with one attached hydrogen (secondary N) is 1. The van der Waals surface area contributed by atoms with Gasteiger partial charge < -0.3 is 19.7 Å². The number of carbonyl (C=O) groups excluding carboxylic acids is 2. The van der Waals surface area contributed by atoms with Crippen molar-refractivity contribution in [3.05, 3.63) is 83.9 Å². The summed E-state index contributed by atoms with van der Waals surface area (Å²) in [6.45, 7) is 4.13. The van der Waals surface area contributed by atoms with Gasteiger partial charge in [-0.3, -0.25) is 13.9 Å². The summed E-state index contributed by atoms with van der Waals surface area (Å²) in [5, 5.41) is 2.63. The van der Waals surface area contributed by atoms with Crippen LogP contribution in [0.1, 0.15) is 24.5 Å². The van der Waals surface area contributed by atoms with Crippen molar-refractivity contribution < 1.29 is 27.5 Å². The third-order valence-electron chi connectivity index (χ3n) is 6.53. The fourth-order valence-electron chi connectivity index (χ4n) is 4.41. The summed E-state index contributed by atoms with van der Waals surface area (Å²) in [5.74, 6) is 0.0583. The topological polar surface area (TPSA) is 105 Å². The Morgan fingerprint density at radius 2 is 1.62 bits per heavy atom. The summed E-state index contributed by atoms with van der Waals surface area (Å²) >= 11 is 0. The Hall–Kier alpha value is -4.05. The van der Waals surface area contributed by atoms with Crippen molar-refractivity contribution >= 4 is 27.5 Å². The van der Waals surface area contributed by atoms with Crippen LogP contribution in [0.4, 0.5) is 5.69 Å². The van der Waals surface area contributed by atoms with E-state index in [0.717, 1.165) is 15.4 Å². The number of amides is 2.